The number of thiophene rings is 1. The van der Waals surface area contributed by atoms with Crippen molar-refractivity contribution in [2.24, 2.45) is 4.99 Å². The lowest BCUT2D eigenvalue weighted by atomic mass is 9.80. The third-order valence-corrected chi connectivity index (χ3v) is 7.13. The van der Waals surface area contributed by atoms with Crippen LogP contribution in [-0.2, 0) is 17.7 Å². The molecule has 2 aromatic rings. The van der Waals surface area contributed by atoms with E-state index in [-0.39, 0.29) is 5.54 Å². The van der Waals surface area contributed by atoms with Gasteiger partial charge in [0.25, 0.3) is 0 Å². The molecule has 1 saturated heterocycles. The molecule has 0 atom stereocenters. The summed E-state index contributed by atoms with van der Waals surface area (Å²) in [5.41, 5.74) is 0.217. The Morgan fingerprint density at radius 3 is 2.70 bits per heavy atom. The number of hydrogen-bond donors (Lipinski definition) is 2. The smallest absolute Gasteiger partial charge is 0.191 e. The molecule has 2 aromatic heterocycles. The predicted octanol–water partition coefficient (Wildman–Crippen LogP) is 3.65. The number of ether oxygens (including phenoxy) is 1. The molecule has 0 spiro atoms. The van der Waals surface area contributed by atoms with Gasteiger partial charge in [-0.2, -0.15) is 0 Å². The Bertz CT molecular complexity index is 748. The Morgan fingerprint density at radius 1 is 1.10 bits per heavy atom. The fourth-order valence-corrected chi connectivity index (χ4v) is 5.22. The van der Waals surface area contributed by atoms with Crippen LogP contribution in [0.2, 0.25) is 0 Å². The first-order valence-corrected chi connectivity index (χ1v) is 12.1. The lowest BCUT2D eigenvalue weighted by Crippen LogP contribution is -2.60. The quantitative estimate of drug-likeness (QED) is 0.494. The average molecular weight is 431 g/mol. The highest BCUT2D eigenvalue weighted by atomic mass is 32.1. The van der Waals surface area contributed by atoms with E-state index in [1.165, 1.54) is 37.0 Å². The highest BCUT2D eigenvalue weighted by Gasteiger charge is 2.38. The van der Waals surface area contributed by atoms with E-state index in [1.807, 2.05) is 12.1 Å². The Morgan fingerprint density at radius 2 is 1.97 bits per heavy atom. The van der Waals surface area contributed by atoms with E-state index in [0.717, 1.165) is 57.5 Å². The van der Waals surface area contributed by atoms with Crippen molar-refractivity contribution < 1.29 is 9.15 Å². The number of guanidine groups is 1. The van der Waals surface area contributed by atoms with Crippen LogP contribution in [0.3, 0.4) is 0 Å². The maximum atomic E-state index is 5.62. The Kier molecular flexibility index (Phi) is 7.83. The van der Waals surface area contributed by atoms with Crippen molar-refractivity contribution in [1.29, 1.82) is 0 Å². The van der Waals surface area contributed by atoms with Gasteiger partial charge in [0.2, 0.25) is 0 Å². The largest absolute Gasteiger partial charge is 0.469 e. The third kappa shape index (κ3) is 5.86. The fourth-order valence-electron chi connectivity index (χ4n) is 4.59. The molecule has 2 N–H and O–H groups in total. The second kappa shape index (κ2) is 11.0. The fraction of sp³-hybridized carbons (Fsp3) is 0.609. The standard InChI is InChI=1S/C23H34N4O2S/c1-2-9-23(10-3-1,27-12-15-28-16-13-27)19-26-22(25-18-21-7-5-17-30-21)24-11-8-20-6-4-14-29-20/h4-7,14,17H,1-3,8-13,15-16,18-19H2,(H2,24,25,26). The van der Waals surface area contributed by atoms with Gasteiger partial charge in [-0.1, -0.05) is 25.3 Å². The van der Waals surface area contributed by atoms with Crippen LogP contribution in [-0.4, -0.2) is 55.8 Å². The van der Waals surface area contributed by atoms with E-state index in [1.54, 1.807) is 17.6 Å². The molecule has 4 rings (SSSR count). The zero-order chi connectivity index (χ0) is 20.5. The molecule has 7 heteroatoms. The average Bonchev–Trinajstić information content (AvgIpc) is 3.51. The number of furan rings is 1. The second-order valence-corrected chi connectivity index (χ2v) is 9.27. The second-order valence-electron chi connectivity index (χ2n) is 8.24. The maximum absolute atomic E-state index is 5.62. The summed E-state index contributed by atoms with van der Waals surface area (Å²) in [6, 6.07) is 8.19. The van der Waals surface area contributed by atoms with Crippen molar-refractivity contribution in [3.8, 4) is 0 Å². The van der Waals surface area contributed by atoms with Gasteiger partial charge in [-0.3, -0.25) is 4.90 Å². The van der Waals surface area contributed by atoms with E-state index < -0.39 is 0 Å². The Balaban J connectivity index is 1.39. The Labute approximate surface area is 183 Å². The summed E-state index contributed by atoms with van der Waals surface area (Å²) < 4.78 is 11.1. The molecule has 30 heavy (non-hydrogen) atoms. The summed E-state index contributed by atoms with van der Waals surface area (Å²) in [7, 11) is 0. The van der Waals surface area contributed by atoms with Crippen molar-refractivity contribution in [2.75, 3.05) is 39.4 Å². The first-order valence-electron chi connectivity index (χ1n) is 11.2. The summed E-state index contributed by atoms with van der Waals surface area (Å²) in [5, 5.41) is 9.33. The molecule has 0 unspecified atom stereocenters. The highest BCUT2D eigenvalue weighted by molar-refractivity contribution is 7.09. The van der Waals surface area contributed by atoms with Crippen LogP contribution in [0, 0.1) is 0 Å². The normalized spacial score (nSPS) is 20.2. The predicted molar refractivity (Wildman–Crippen MR) is 122 cm³/mol. The van der Waals surface area contributed by atoms with E-state index in [9.17, 15) is 0 Å². The zero-order valence-corrected chi connectivity index (χ0v) is 18.6. The van der Waals surface area contributed by atoms with Gasteiger partial charge < -0.3 is 19.8 Å². The van der Waals surface area contributed by atoms with E-state index in [2.05, 4.69) is 33.0 Å². The SMILES string of the molecule is c1coc(CCNC(=NCc2cccs2)NCC2(N3CCOCC3)CCCCC2)c1. The summed E-state index contributed by atoms with van der Waals surface area (Å²) in [4.78, 5) is 8.83. The number of morpholine rings is 1. The van der Waals surface area contributed by atoms with Gasteiger partial charge in [0.05, 0.1) is 26.0 Å². The summed E-state index contributed by atoms with van der Waals surface area (Å²) >= 11 is 1.76. The van der Waals surface area contributed by atoms with Crippen LogP contribution < -0.4 is 10.6 Å². The van der Waals surface area contributed by atoms with Crippen molar-refractivity contribution >= 4 is 17.3 Å². The molecular formula is C23H34N4O2S. The molecule has 2 fully saturated rings. The van der Waals surface area contributed by atoms with E-state index >= 15 is 0 Å². The topological polar surface area (TPSA) is 62.0 Å². The first kappa shape index (κ1) is 21.4. The number of rotatable bonds is 8. The molecule has 0 bridgehead atoms. The monoisotopic (exact) mass is 430 g/mol. The van der Waals surface area contributed by atoms with Crippen LogP contribution >= 0.6 is 11.3 Å². The molecular weight excluding hydrogens is 396 g/mol. The van der Waals surface area contributed by atoms with E-state index in [4.69, 9.17) is 14.1 Å². The summed E-state index contributed by atoms with van der Waals surface area (Å²) in [6.45, 7) is 6.21. The van der Waals surface area contributed by atoms with Gasteiger partial charge in [-0.05, 0) is 36.4 Å². The molecule has 164 valence electrons. The van der Waals surface area contributed by atoms with Gasteiger partial charge >= 0.3 is 0 Å². The van der Waals surface area contributed by atoms with E-state index in [0.29, 0.717) is 6.54 Å². The Hall–Kier alpha value is -1.83. The van der Waals surface area contributed by atoms with Crippen LogP contribution in [0.25, 0.3) is 0 Å². The minimum Gasteiger partial charge on any atom is -0.469 e. The molecule has 0 radical (unpaired) electrons. The summed E-state index contributed by atoms with van der Waals surface area (Å²) in [6.07, 6.45) is 9.07. The highest BCUT2D eigenvalue weighted by Crippen LogP contribution is 2.33. The van der Waals surface area contributed by atoms with Gasteiger partial charge in [0, 0.05) is 43.0 Å². The van der Waals surface area contributed by atoms with Gasteiger partial charge in [-0.25, -0.2) is 4.99 Å². The minimum atomic E-state index is 0.217. The van der Waals surface area contributed by atoms with Crippen molar-refractivity contribution in [1.82, 2.24) is 15.5 Å². The number of hydrogen-bond acceptors (Lipinski definition) is 5. The molecule has 2 aliphatic rings. The third-order valence-electron chi connectivity index (χ3n) is 6.27. The van der Waals surface area contributed by atoms with Crippen molar-refractivity contribution in [2.45, 2.75) is 50.6 Å². The molecule has 1 aliphatic carbocycles. The number of nitrogens with one attached hydrogen (secondary N) is 2. The lowest BCUT2D eigenvalue weighted by molar-refractivity contribution is -0.0352. The molecule has 3 heterocycles. The first-order chi connectivity index (χ1) is 14.8. The molecule has 0 amide bonds. The molecule has 1 aliphatic heterocycles. The number of aliphatic imine (C=N–C) groups is 1. The minimum absolute atomic E-state index is 0.217. The molecule has 1 saturated carbocycles. The summed E-state index contributed by atoms with van der Waals surface area (Å²) in [5.74, 6) is 1.89. The lowest BCUT2D eigenvalue weighted by Gasteiger charge is -2.48. The van der Waals surface area contributed by atoms with Crippen molar-refractivity contribution in [3.05, 3.63) is 46.5 Å². The van der Waals surface area contributed by atoms with Gasteiger partial charge in [0.15, 0.2) is 5.96 Å². The van der Waals surface area contributed by atoms with Crippen LogP contribution in [0.15, 0.2) is 45.3 Å². The van der Waals surface area contributed by atoms with Crippen LogP contribution in [0.4, 0.5) is 0 Å². The maximum Gasteiger partial charge on any atom is 0.191 e. The van der Waals surface area contributed by atoms with Gasteiger partial charge in [0.1, 0.15) is 5.76 Å². The van der Waals surface area contributed by atoms with Gasteiger partial charge in [-0.15, -0.1) is 11.3 Å². The zero-order valence-electron chi connectivity index (χ0n) is 17.8. The van der Waals surface area contributed by atoms with Crippen LogP contribution in [0.1, 0.15) is 42.7 Å². The van der Waals surface area contributed by atoms with Crippen molar-refractivity contribution in [3.63, 3.8) is 0 Å². The number of nitrogens with zero attached hydrogens (tertiary/aromatic N) is 2. The molecule has 6 nitrogen and oxygen atoms in total. The molecule has 0 aromatic carbocycles. The van der Waals surface area contributed by atoms with Crippen LogP contribution in [0.5, 0.6) is 0 Å².